The van der Waals surface area contributed by atoms with E-state index in [1.165, 1.54) is 6.42 Å². The minimum atomic E-state index is -0.149. The van der Waals surface area contributed by atoms with Crippen molar-refractivity contribution >= 4 is 11.6 Å². The molecule has 0 bridgehead atoms. The summed E-state index contributed by atoms with van der Waals surface area (Å²) in [6.07, 6.45) is 5.44. The predicted molar refractivity (Wildman–Crippen MR) is 80.5 cm³/mol. The van der Waals surface area contributed by atoms with Gasteiger partial charge < -0.3 is 16.2 Å². The highest BCUT2D eigenvalue weighted by Crippen LogP contribution is 2.35. The van der Waals surface area contributed by atoms with Gasteiger partial charge in [-0.25, -0.2) is 0 Å². The molecule has 0 aliphatic heterocycles. The molecule has 4 heteroatoms. The Hall–Kier alpha value is -1.55. The summed E-state index contributed by atoms with van der Waals surface area (Å²) in [6.45, 7) is 2.60. The molecule has 1 saturated carbocycles. The third-order valence-corrected chi connectivity index (χ3v) is 4.33. The predicted octanol–water partition coefficient (Wildman–Crippen LogP) is 2.25. The standard InChI is InChI=1S/C16H24N2O2/c1-12-5-6-14(17)13(9-12)15(20)18-10-16(11-19)7-3-2-4-8-16/h5-6,9,19H,2-4,7-8,10-11,17H2,1H3,(H,18,20). The first-order chi connectivity index (χ1) is 9.56. The van der Waals surface area contributed by atoms with Gasteiger partial charge in [0.2, 0.25) is 0 Å². The summed E-state index contributed by atoms with van der Waals surface area (Å²) in [6, 6.07) is 5.45. The Kier molecular flexibility index (Phi) is 4.65. The molecule has 1 amide bonds. The van der Waals surface area contributed by atoms with Crippen LogP contribution in [0.5, 0.6) is 0 Å². The highest BCUT2D eigenvalue weighted by atomic mass is 16.3. The molecular formula is C16H24N2O2. The number of benzene rings is 1. The van der Waals surface area contributed by atoms with E-state index in [9.17, 15) is 9.90 Å². The van der Waals surface area contributed by atoms with Gasteiger partial charge in [0.05, 0.1) is 12.2 Å². The minimum absolute atomic E-state index is 0.135. The third-order valence-electron chi connectivity index (χ3n) is 4.33. The number of rotatable bonds is 4. The molecule has 110 valence electrons. The molecule has 1 fully saturated rings. The van der Waals surface area contributed by atoms with Crippen molar-refractivity contribution < 1.29 is 9.90 Å². The van der Waals surface area contributed by atoms with Crippen LogP contribution < -0.4 is 11.1 Å². The second-order valence-corrected chi connectivity index (χ2v) is 5.99. The van der Waals surface area contributed by atoms with Crippen LogP contribution in [0.15, 0.2) is 18.2 Å². The lowest BCUT2D eigenvalue weighted by Crippen LogP contribution is -2.41. The van der Waals surface area contributed by atoms with Crippen LogP contribution in [0, 0.1) is 12.3 Å². The molecule has 0 unspecified atom stereocenters. The number of carbonyl (C=O) groups excluding carboxylic acids is 1. The third kappa shape index (κ3) is 3.31. The lowest BCUT2D eigenvalue weighted by atomic mass is 9.74. The average molecular weight is 276 g/mol. The van der Waals surface area contributed by atoms with Gasteiger partial charge in [-0.1, -0.05) is 30.9 Å². The van der Waals surface area contributed by atoms with Crippen molar-refractivity contribution in [1.29, 1.82) is 0 Å². The lowest BCUT2D eigenvalue weighted by Gasteiger charge is -2.35. The number of anilines is 1. The molecule has 4 nitrogen and oxygen atoms in total. The molecule has 0 radical (unpaired) electrons. The molecule has 0 aromatic heterocycles. The lowest BCUT2D eigenvalue weighted by molar-refractivity contribution is 0.0718. The largest absolute Gasteiger partial charge is 0.398 e. The summed E-state index contributed by atoms with van der Waals surface area (Å²) >= 11 is 0. The van der Waals surface area contributed by atoms with Crippen LogP contribution in [0.2, 0.25) is 0 Å². The summed E-state index contributed by atoms with van der Waals surface area (Å²) in [5, 5.41) is 12.6. The number of carbonyl (C=O) groups is 1. The van der Waals surface area contributed by atoms with E-state index in [1.807, 2.05) is 13.0 Å². The maximum absolute atomic E-state index is 12.2. The van der Waals surface area contributed by atoms with Crippen LogP contribution in [0.4, 0.5) is 5.69 Å². The fourth-order valence-corrected chi connectivity index (χ4v) is 2.92. The second kappa shape index (κ2) is 6.27. The summed E-state index contributed by atoms with van der Waals surface area (Å²) in [5.41, 5.74) is 7.74. The number of aryl methyl sites for hydroxylation is 1. The molecule has 1 aromatic rings. The maximum Gasteiger partial charge on any atom is 0.253 e. The smallest absolute Gasteiger partial charge is 0.253 e. The van der Waals surface area contributed by atoms with Gasteiger partial charge in [-0.2, -0.15) is 0 Å². The van der Waals surface area contributed by atoms with E-state index < -0.39 is 0 Å². The summed E-state index contributed by atoms with van der Waals surface area (Å²) in [5.74, 6) is -0.149. The molecule has 1 aliphatic rings. The normalized spacial score (nSPS) is 17.7. The number of nitrogens with two attached hydrogens (primary N) is 1. The molecule has 0 heterocycles. The number of amides is 1. The number of nitrogen functional groups attached to an aromatic ring is 1. The van der Waals surface area contributed by atoms with Crippen LogP contribution in [-0.4, -0.2) is 24.2 Å². The fourth-order valence-electron chi connectivity index (χ4n) is 2.92. The summed E-state index contributed by atoms with van der Waals surface area (Å²) in [7, 11) is 0. The Morgan fingerprint density at radius 1 is 1.35 bits per heavy atom. The highest BCUT2D eigenvalue weighted by molar-refractivity contribution is 5.99. The Morgan fingerprint density at radius 3 is 2.70 bits per heavy atom. The van der Waals surface area contributed by atoms with Crippen molar-refractivity contribution in [2.45, 2.75) is 39.0 Å². The fraction of sp³-hybridized carbons (Fsp3) is 0.562. The van der Waals surface area contributed by atoms with E-state index in [0.717, 1.165) is 31.2 Å². The molecule has 20 heavy (non-hydrogen) atoms. The number of aliphatic hydroxyl groups excluding tert-OH is 1. The van der Waals surface area contributed by atoms with Gasteiger partial charge in [0, 0.05) is 17.6 Å². The zero-order valence-electron chi connectivity index (χ0n) is 12.1. The Bertz CT molecular complexity index is 479. The Balaban J connectivity index is 2.02. The van der Waals surface area contributed by atoms with E-state index in [-0.39, 0.29) is 17.9 Å². The molecule has 2 rings (SSSR count). The van der Waals surface area contributed by atoms with Gasteiger partial charge in [-0.05, 0) is 31.9 Å². The van der Waals surface area contributed by atoms with Gasteiger partial charge in [-0.15, -0.1) is 0 Å². The topological polar surface area (TPSA) is 75.4 Å². The van der Waals surface area contributed by atoms with E-state index in [1.54, 1.807) is 12.1 Å². The molecular weight excluding hydrogens is 252 g/mol. The number of nitrogens with one attached hydrogen (secondary N) is 1. The number of hydrogen-bond acceptors (Lipinski definition) is 3. The summed E-state index contributed by atoms with van der Waals surface area (Å²) < 4.78 is 0. The number of hydrogen-bond donors (Lipinski definition) is 3. The first-order valence-corrected chi connectivity index (χ1v) is 7.31. The Labute approximate surface area is 120 Å². The van der Waals surface area contributed by atoms with Crippen molar-refractivity contribution in [3.8, 4) is 0 Å². The van der Waals surface area contributed by atoms with Crippen LogP contribution in [0.1, 0.15) is 48.0 Å². The first-order valence-electron chi connectivity index (χ1n) is 7.31. The monoisotopic (exact) mass is 276 g/mol. The zero-order chi connectivity index (χ0) is 14.6. The maximum atomic E-state index is 12.2. The van der Waals surface area contributed by atoms with Crippen LogP contribution >= 0.6 is 0 Å². The molecule has 0 spiro atoms. The molecule has 1 aromatic carbocycles. The van der Waals surface area contributed by atoms with Crippen molar-refractivity contribution in [1.82, 2.24) is 5.32 Å². The van der Waals surface area contributed by atoms with Crippen LogP contribution in [0.25, 0.3) is 0 Å². The Morgan fingerprint density at radius 2 is 2.05 bits per heavy atom. The van der Waals surface area contributed by atoms with E-state index in [4.69, 9.17) is 5.73 Å². The van der Waals surface area contributed by atoms with E-state index in [0.29, 0.717) is 17.8 Å². The van der Waals surface area contributed by atoms with Gasteiger partial charge in [-0.3, -0.25) is 4.79 Å². The van der Waals surface area contributed by atoms with Crippen molar-refractivity contribution in [3.05, 3.63) is 29.3 Å². The van der Waals surface area contributed by atoms with Crippen LogP contribution in [0.3, 0.4) is 0 Å². The molecule has 1 aliphatic carbocycles. The van der Waals surface area contributed by atoms with Crippen molar-refractivity contribution in [2.24, 2.45) is 5.41 Å². The minimum Gasteiger partial charge on any atom is -0.398 e. The highest BCUT2D eigenvalue weighted by Gasteiger charge is 2.31. The van der Waals surface area contributed by atoms with Gasteiger partial charge in [0.25, 0.3) is 5.91 Å². The second-order valence-electron chi connectivity index (χ2n) is 5.99. The van der Waals surface area contributed by atoms with E-state index >= 15 is 0 Å². The summed E-state index contributed by atoms with van der Waals surface area (Å²) in [4.78, 5) is 12.2. The van der Waals surface area contributed by atoms with E-state index in [2.05, 4.69) is 5.32 Å². The van der Waals surface area contributed by atoms with Gasteiger partial charge in [0.1, 0.15) is 0 Å². The van der Waals surface area contributed by atoms with Crippen molar-refractivity contribution in [3.63, 3.8) is 0 Å². The SMILES string of the molecule is Cc1ccc(N)c(C(=O)NCC2(CO)CCCCC2)c1. The zero-order valence-corrected chi connectivity index (χ0v) is 12.1. The number of aliphatic hydroxyl groups is 1. The first kappa shape index (κ1) is 14.9. The van der Waals surface area contributed by atoms with Crippen LogP contribution in [-0.2, 0) is 0 Å². The molecule has 0 saturated heterocycles. The molecule has 0 atom stereocenters. The molecule has 4 N–H and O–H groups in total. The quantitative estimate of drug-likeness (QED) is 0.738. The van der Waals surface area contributed by atoms with Gasteiger partial charge in [0.15, 0.2) is 0 Å². The van der Waals surface area contributed by atoms with Gasteiger partial charge >= 0.3 is 0 Å². The van der Waals surface area contributed by atoms with Crippen molar-refractivity contribution in [2.75, 3.05) is 18.9 Å². The average Bonchev–Trinajstić information content (AvgIpc) is 2.48.